The Kier molecular flexibility index (Phi) is 4.68. The molecule has 1 saturated heterocycles. The zero-order valence-electron chi connectivity index (χ0n) is 11.4. The summed E-state index contributed by atoms with van der Waals surface area (Å²) in [6.07, 6.45) is 2.14. The first-order valence-electron chi connectivity index (χ1n) is 6.81. The molecule has 6 nitrogen and oxygen atoms in total. The quantitative estimate of drug-likeness (QED) is 0.748. The largest absolute Gasteiger partial charge is 0.366 e. The number of carbonyl (C=O) groups is 1. The number of amides is 1. The Balaban J connectivity index is 1.93. The number of aromatic nitrogens is 2. The normalized spacial score (nSPS) is 22.8. The molecule has 0 saturated carbocycles. The monoisotopic (exact) mass is 263 g/mol. The number of anilines is 1. The van der Waals surface area contributed by atoms with Crippen molar-refractivity contribution in [2.45, 2.75) is 38.8 Å². The molecule has 1 amide bonds. The van der Waals surface area contributed by atoms with Crippen LogP contribution in [0.3, 0.4) is 0 Å². The van der Waals surface area contributed by atoms with E-state index in [1.165, 1.54) is 0 Å². The molecule has 19 heavy (non-hydrogen) atoms. The molecule has 0 aromatic carbocycles. The summed E-state index contributed by atoms with van der Waals surface area (Å²) >= 11 is 0. The Bertz CT molecular complexity index is 420. The minimum atomic E-state index is -0.183. The highest BCUT2D eigenvalue weighted by molar-refractivity contribution is 5.92. The Hall–Kier alpha value is -1.69. The zero-order chi connectivity index (χ0) is 13.7. The molecule has 2 atom stereocenters. The van der Waals surface area contributed by atoms with Gasteiger partial charge in [0.05, 0.1) is 0 Å². The van der Waals surface area contributed by atoms with E-state index in [2.05, 4.69) is 33.1 Å². The van der Waals surface area contributed by atoms with Crippen molar-refractivity contribution in [3.05, 3.63) is 17.8 Å². The summed E-state index contributed by atoms with van der Waals surface area (Å²) < 4.78 is 0. The van der Waals surface area contributed by atoms with E-state index in [1.54, 1.807) is 6.07 Å². The standard InChI is InChI=1S/C13H21N5O/c1-3-14-13(19)11-4-5-12(18-17-11)16-10-6-7-15-9(2)8-10/h4-5,9-10,15H,3,6-8H2,1-2H3,(H,14,19)(H,16,18). The van der Waals surface area contributed by atoms with Gasteiger partial charge in [0.1, 0.15) is 5.82 Å². The SMILES string of the molecule is CCNC(=O)c1ccc(NC2CCNC(C)C2)nn1. The molecule has 1 aliphatic heterocycles. The maximum absolute atomic E-state index is 11.5. The van der Waals surface area contributed by atoms with Gasteiger partial charge in [0.2, 0.25) is 0 Å². The van der Waals surface area contributed by atoms with E-state index in [0.717, 1.165) is 25.2 Å². The van der Waals surface area contributed by atoms with Crippen molar-refractivity contribution in [2.75, 3.05) is 18.4 Å². The van der Waals surface area contributed by atoms with E-state index >= 15 is 0 Å². The van der Waals surface area contributed by atoms with Crippen molar-refractivity contribution in [2.24, 2.45) is 0 Å². The molecule has 1 aromatic rings. The highest BCUT2D eigenvalue weighted by Crippen LogP contribution is 2.13. The Morgan fingerprint density at radius 1 is 1.47 bits per heavy atom. The number of carbonyl (C=O) groups excluding carboxylic acids is 1. The molecular formula is C13H21N5O. The number of piperidine rings is 1. The predicted octanol–water partition coefficient (Wildman–Crippen LogP) is 0.779. The third-order valence-electron chi connectivity index (χ3n) is 3.21. The van der Waals surface area contributed by atoms with Crippen LogP contribution in [-0.4, -0.2) is 41.3 Å². The second-order valence-corrected chi connectivity index (χ2v) is 4.88. The average Bonchev–Trinajstić information content (AvgIpc) is 2.40. The lowest BCUT2D eigenvalue weighted by Crippen LogP contribution is -2.41. The Labute approximate surface area is 113 Å². The number of hydrogen-bond donors (Lipinski definition) is 3. The van der Waals surface area contributed by atoms with Gasteiger partial charge < -0.3 is 16.0 Å². The molecule has 104 valence electrons. The maximum atomic E-state index is 11.5. The average molecular weight is 263 g/mol. The number of nitrogens with zero attached hydrogens (tertiary/aromatic N) is 2. The minimum Gasteiger partial charge on any atom is -0.366 e. The van der Waals surface area contributed by atoms with E-state index in [9.17, 15) is 4.79 Å². The number of nitrogens with one attached hydrogen (secondary N) is 3. The van der Waals surface area contributed by atoms with E-state index in [0.29, 0.717) is 24.3 Å². The molecule has 2 unspecified atom stereocenters. The Morgan fingerprint density at radius 3 is 2.95 bits per heavy atom. The predicted molar refractivity (Wildman–Crippen MR) is 74.1 cm³/mol. The third kappa shape index (κ3) is 3.89. The highest BCUT2D eigenvalue weighted by atomic mass is 16.1. The fourth-order valence-electron chi connectivity index (χ4n) is 2.25. The summed E-state index contributed by atoms with van der Waals surface area (Å²) in [4.78, 5) is 11.5. The molecule has 1 aromatic heterocycles. The second kappa shape index (κ2) is 6.47. The first-order valence-corrected chi connectivity index (χ1v) is 6.81. The van der Waals surface area contributed by atoms with Crippen molar-refractivity contribution in [1.82, 2.24) is 20.8 Å². The molecule has 2 heterocycles. The molecule has 3 N–H and O–H groups in total. The first-order chi connectivity index (χ1) is 9.19. The lowest BCUT2D eigenvalue weighted by atomic mass is 10.0. The van der Waals surface area contributed by atoms with Gasteiger partial charge in [-0.25, -0.2) is 0 Å². The van der Waals surface area contributed by atoms with Crippen LogP contribution in [0.1, 0.15) is 37.2 Å². The zero-order valence-corrected chi connectivity index (χ0v) is 11.4. The fourth-order valence-corrected chi connectivity index (χ4v) is 2.25. The van der Waals surface area contributed by atoms with Crippen molar-refractivity contribution >= 4 is 11.7 Å². The third-order valence-corrected chi connectivity index (χ3v) is 3.21. The Morgan fingerprint density at radius 2 is 2.32 bits per heavy atom. The number of hydrogen-bond acceptors (Lipinski definition) is 5. The first kappa shape index (κ1) is 13.7. The molecule has 1 fully saturated rings. The van der Waals surface area contributed by atoms with Gasteiger partial charge in [-0.15, -0.1) is 10.2 Å². The molecule has 1 aliphatic rings. The minimum absolute atomic E-state index is 0.183. The van der Waals surface area contributed by atoms with Crippen LogP contribution in [0.4, 0.5) is 5.82 Å². The van der Waals surface area contributed by atoms with Crippen LogP contribution in [0, 0.1) is 0 Å². The van der Waals surface area contributed by atoms with E-state index in [-0.39, 0.29) is 5.91 Å². The van der Waals surface area contributed by atoms with Gasteiger partial charge in [0.15, 0.2) is 5.69 Å². The summed E-state index contributed by atoms with van der Waals surface area (Å²) in [6.45, 7) is 5.66. The lowest BCUT2D eigenvalue weighted by Gasteiger charge is -2.28. The van der Waals surface area contributed by atoms with Crippen LogP contribution in [-0.2, 0) is 0 Å². The van der Waals surface area contributed by atoms with Crippen LogP contribution < -0.4 is 16.0 Å². The van der Waals surface area contributed by atoms with Crippen LogP contribution in [0.15, 0.2) is 12.1 Å². The van der Waals surface area contributed by atoms with Gasteiger partial charge in [-0.2, -0.15) is 0 Å². The van der Waals surface area contributed by atoms with E-state index < -0.39 is 0 Å². The van der Waals surface area contributed by atoms with Gasteiger partial charge in [-0.3, -0.25) is 4.79 Å². The molecule has 2 rings (SSSR count). The van der Waals surface area contributed by atoms with Crippen LogP contribution in [0.25, 0.3) is 0 Å². The van der Waals surface area contributed by atoms with Crippen molar-refractivity contribution in [3.8, 4) is 0 Å². The van der Waals surface area contributed by atoms with Gasteiger partial charge in [-0.05, 0) is 45.4 Å². The molecule has 0 aliphatic carbocycles. The summed E-state index contributed by atoms with van der Waals surface area (Å²) in [6, 6.07) is 4.45. The van der Waals surface area contributed by atoms with Crippen LogP contribution in [0.5, 0.6) is 0 Å². The lowest BCUT2D eigenvalue weighted by molar-refractivity contribution is 0.0950. The molecule has 6 heteroatoms. The van der Waals surface area contributed by atoms with E-state index in [4.69, 9.17) is 0 Å². The van der Waals surface area contributed by atoms with Crippen LogP contribution in [0.2, 0.25) is 0 Å². The summed E-state index contributed by atoms with van der Waals surface area (Å²) in [5.41, 5.74) is 0.353. The molecular weight excluding hydrogens is 242 g/mol. The van der Waals surface area contributed by atoms with Crippen LogP contribution >= 0.6 is 0 Å². The van der Waals surface area contributed by atoms with E-state index in [1.807, 2.05) is 13.0 Å². The summed E-state index contributed by atoms with van der Waals surface area (Å²) in [7, 11) is 0. The van der Waals surface area contributed by atoms with Crippen molar-refractivity contribution in [1.29, 1.82) is 0 Å². The van der Waals surface area contributed by atoms with Gasteiger partial charge in [0.25, 0.3) is 5.91 Å². The highest BCUT2D eigenvalue weighted by Gasteiger charge is 2.18. The number of rotatable bonds is 4. The summed E-state index contributed by atoms with van der Waals surface area (Å²) in [5.74, 6) is 0.546. The topological polar surface area (TPSA) is 78.9 Å². The van der Waals surface area contributed by atoms with Crippen molar-refractivity contribution in [3.63, 3.8) is 0 Å². The second-order valence-electron chi connectivity index (χ2n) is 4.88. The fraction of sp³-hybridized carbons (Fsp3) is 0.615. The summed E-state index contributed by atoms with van der Waals surface area (Å²) in [5, 5.41) is 17.5. The van der Waals surface area contributed by atoms with Gasteiger partial charge in [0, 0.05) is 18.6 Å². The molecule has 0 spiro atoms. The van der Waals surface area contributed by atoms with Crippen molar-refractivity contribution < 1.29 is 4.79 Å². The van der Waals surface area contributed by atoms with Gasteiger partial charge in [-0.1, -0.05) is 0 Å². The van der Waals surface area contributed by atoms with Gasteiger partial charge >= 0.3 is 0 Å². The molecule has 0 radical (unpaired) electrons. The smallest absolute Gasteiger partial charge is 0.271 e. The maximum Gasteiger partial charge on any atom is 0.271 e. The molecule has 0 bridgehead atoms.